The molecule has 0 fully saturated rings. The first-order valence-corrected chi connectivity index (χ1v) is 11.3. The van der Waals surface area contributed by atoms with E-state index in [4.69, 9.17) is 4.42 Å². The number of nitro groups is 1. The first kappa shape index (κ1) is 18.1. The Bertz CT molecular complexity index is 966. The Morgan fingerprint density at radius 3 is 1.46 bits per heavy atom. The van der Waals surface area contributed by atoms with Crippen molar-refractivity contribution in [1.29, 1.82) is 0 Å². The molecule has 0 unspecified atom stereocenters. The van der Waals surface area contributed by atoms with Crippen molar-refractivity contribution in [2.75, 3.05) is 0 Å². The summed E-state index contributed by atoms with van der Waals surface area (Å²) in [7, 11) is -2.50. The predicted octanol–water partition coefficient (Wildman–Crippen LogP) is 4.41. The first-order valence-electron chi connectivity index (χ1n) is 9.10. The Kier molecular flexibility index (Phi) is 5.05. The third-order valence-electron chi connectivity index (χ3n) is 5.07. The van der Waals surface area contributed by atoms with Gasteiger partial charge >= 0.3 is 164 Å². The fourth-order valence-electron chi connectivity index (χ4n) is 3.80. The molecule has 0 saturated carbocycles. The van der Waals surface area contributed by atoms with E-state index in [9.17, 15) is 10.1 Å². The van der Waals surface area contributed by atoms with Crippen molar-refractivity contribution in [3.8, 4) is 0 Å². The molecule has 0 aliphatic rings. The quantitative estimate of drug-likeness (QED) is 0.279. The summed E-state index contributed by atoms with van der Waals surface area (Å²) in [6.07, 6.45) is 0.610. The van der Waals surface area contributed by atoms with E-state index in [2.05, 4.69) is 36.4 Å². The van der Waals surface area contributed by atoms with Gasteiger partial charge in [0.15, 0.2) is 0 Å². The van der Waals surface area contributed by atoms with Crippen LogP contribution in [0.5, 0.6) is 0 Å². The van der Waals surface area contributed by atoms with E-state index in [0.29, 0.717) is 11.9 Å². The minimum atomic E-state index is -2.50. The molecular weight excluding hydrogens is 369 g/mol. The maximum absolute atomic E-state index is 11.1. The van der Waals surface area contributed by atoms with Gasteiger partial charge in [0.1, 0.15) is 0 Å². The van der Waals surface area contributed by atoms with Gasteiger partial charge in [-0.25, -0.2) is 0 Å². The number of hydrogen-bond acceptors (Lipinski definition) is 3. The fraction of sp³-hybridized carbons (Fsp3) is 0.0435. The maximum atomic E-state index is 11.1. The Balaban J connectivity index is 1.96. The van der Waals surface area contributed by atoms with Gasteiger partial charge < -0.3 is 0 Å². The Morgan fingerprint density at radius 2 is 1.11 bits per heavy atom. The number of benzene rings is 3. The molecule has 28 heavy (non-hydrogen) atoms. The molecule has 0 aliphatic heterocycles. The Labute approximate surface area is 163 Å². The second-order valence-corrected chi connectivity index (χ2v) is 10.6. The molecule has 3 aromatic carbocycles. The van der Waals surface area contributed by atoms with Gasteiger partial charge in [0, 0.05) is 0 Å². The van der Waals surface area contributed by atoms with Crippen molar-refractivity contribution in [1.82, 2.24) is 0 Å². The Morgan fingerprint density at radius 1 is 0.679 bits per heavy atom. The van der Waals surface area contributed by atoms with Crippen molar-refractivity contribution < 1.29 is 9.34 Å². The molecule has 0 aliphatic carbocycles. The molecule has 1 heterocycles. The summed E-state index contributed by atoms with van der Waals surface area (Å²) in [5, 5.41) is 14.8. The molecule has 1 aromatic heterocycles. The van der Waals surface area contributed by atoms with Gasteiger partial charge in [-0.15, -0.1) is 0 Å². The Hall–Kier alpha value is -3.23. The summed E-state index contributed by atoms with van der Waals surface area (Å²) in [4.78, 5) is 10.6. The average Bonchev–Trinajstić information content (AvgIpc) is 3.23. The van der Waals surface area contributed by atoms with Crippen LogP contribution in [-0.4, -0.2) is 4.92 Å². The van der Waals surface area contributed by atoms with E-state index in [1.807, 2.05) is 54.6 Å². The summed E-state index contributed by atoms with van der Waals surface area (Å²) >= 11 is 0. The summed E-state index contributed by atoms with van der Waals surface area (Å²) in [5.74, 6) is 0.419. The number of rotatable bonds is 6. The number of hydrogen-bond donors (Lipinski definition) is 0. The topological polar surface area (TPSA) is 56.3 Å². The second-order valence-electron chi connectivity index (χ2n) is 6.68. The molecule has 0 bridgehead atoms. The van der Waals surface area contributed by atoms with Gasteiger partial charge in [0.25, 0.3) is 0 Å². The van der Waals surface area contributed by atoms with E-state index in [0.717, 1.165) is 0 Å². The summed E-state index contributed by atoms with van der Waals surface area (Å²) in [6.45, 7) is 0. The second kappa shape index (κ2) is 7.79. The third kappa shape index (κ3) is 3.35. The van der Waals surface area contributed by atoms with E-state index >= 15 is 0 Å². The first-order chi connectivity index (χ1) is 13.7. The van der Waals surface area contributed by atoms with Gasteiger partial charge in [-0.1, -0.05) is 0 Å². The molecule has 4 rings (SSSR count). The monoisotopic (exact) mass is 389 g/mol. The van der Waals surface area contributed by atoms with Crippen molar-refractivity contribution in [3.63, 3.8) is 0 Å². The minimum absolute atomic E-state index is 0.216. The van der Waals surface area contributed by atoms with Crippen molar-refractivity contribution in [2.45, 2.75) is 6.16 Å². The molecule has 0 atom stereocenters. The molecule has 0 N–H and O–H groups in total. The van der Waals surface area contributed by atoms with Gasteiger partial charge in [-0.3, -0.25) is 0 Å². The van der Waals surface area contributed by atoms with Crippen LogP contribution in [0, 0.1) is 10.1 Å². The molecule has 0 radical (unpaired) electrons. The van der Waals surface area contributed by atoms with Crippen LogP contribution in [0.3, 0.4) is 0 Å². The summed E-state index contributed by atoms with van der Waals surface area (Å²) < 4.78 is 5.60. The number of nitrogens with zero attached hydrogens (tertiary/aromatic N) is 1. The van der Waals surface area contributed by atoms with Crippen LogP contribution < -0.4 is 15.9 Å². The van der Waals surface area contributed by atoms with Crippen molar-refractivity contribution >= 4 is 29.1 Å². The molecule has 0 amide bonds. The van der Waals surface area contributed by atoms with Crippen LogP contribution in [0.1, 0.15) is 5.76 Å². The zero-order valence-corrected chi connectivity index (χ0v) is 16.2. The molecule has 4 nitrogen and oxygen atoms in total. The fourth-order valence-corrected chi connectivity index (χ4v) is 8.40. The van der Waals surface area contributed by atoms with Crippen LogP contribution in [0.15, 0.2) is 108 Å². The molecular formula is C23H20NO3P. The van der Waals surface area contributed by atoms with Crippen LogP contribution in [-0.2, 0) is 6.16 Å². The van der Waals surface area contributed by atoms with Crippen molar-refractivity contribution in [2.24, 2.45) is 0 Å². The summed E-state index contributed by atoms with van der Waals surface area (Å²) in [5.41, 5.74) is 0. The van der Waals surface area contributed by atoms with Crippen LogP contribution in [0.25, 0.3) is 0 Å². The van der Waals surface area contributed by atoms with E-state index in [1.165, 1.54) is 22.0 Å². The number of furan rings is 1. The van der Waals surface area contributed by atoms with Crippen LogP contribution in [0.2, 0.25) is 0 Å². The van der Waals surface area contributed by atoms with Gasteiger partial charge in [-0.2, -0.15) is 0 Å². The molecule has 0 saturated heterocycles. The third-order valence-corrected chi connectivity index (χ3v) is 9.90. The average molecular weight is 389 g/mol. The van der Waals surface area contributed by atoms with E-state index in [-0.39, 0.29) is 5.88 Å². The summed E-state index contributed by atoms with van der Waals surface area (Å²) in [6, 6.07) is 34.4. The molecule has 140 valence electrons. The van der Waals surface area contributed by atoms with Crippen LogP contribution >= 0.6 is 7.26 Å². The van der Waals surface area contributed by atoms with Crippen molar-refractivity contribution in [3.05, 3.63) is 119 Å². The SMILES string of the molecule is O=[N+]([O-])c1ccc(C[PH](c2ccccc2)(c2ccccc2)c2ccccc2)o1. The van der Waals surface area contributed by atoms with Gasteiger partial charge in [0.05, 0.1) is 0 Å². The normalized spacial score (nSPS) is 11.9. The van der Waals surface area contributed by atoms with Gasteiger partial charge in [-0.05, 0) is 0 Å². The van der Waals surface area contributed by atoms with E-state index < -0.39 is 12.2 Å². The zero-order valence-electron chi connectivity index (χ0n) is 15.2. The van der Waals surface area contributed by atoms with Gasteiger partial charge in [0.2, 0.25) is 0 Å². The zero-order chi connectivity index (χ0) is 19.4. The van der Waals surface area contributed by atoms with E-state index in [1.54, 1.807) is 6.07 Å². The predicted molar refractivity (Wildman–Crippen MR) is 116 cm³/mol. The standard InChI is InChI=1S/C23H20NO3P/c25-24(26)23-17-16-19(27-23)18-28(20-10-4-1-5-11-20,21-12-6-2-7-13-21)22-14-8-3-9-15-22/h1-17,28H,18H2. The molecule has 5 heteroatoms. The van der Waals surface area contributed by atoms with Crippen LogP contribution in [0.4, 0.5) is 5.88 Å². The molecule has 0 spiro atoms. The molecule has 4 aromatic rings.